The van der Waals surface area contributed by atoms with Gasteiger partial charge in [0.1, 0.15) is 11.8 Å². The third-order valence-electron chi connectivity index (χ3n) is 12.0. The van der Waals surface area contributed by atoms with Crippen molar-refractivity contribution in [1.29, 1.82) is 5.26 Å². The number of nitrogens with zero attached hydrogens (tertiary/aromatic N) is 4. The first-order valence-electron chi connectivity index (χ1n) is 19.0. The maximum absolute atomic E-state index is 13.3. The van der Waals surface area contributed by atoms with Crippen LogP contribution >= 0.6 is 0 Å². The number of rotatable bonds is 10. The molecule has 3 aromatic carbocycles. The van der Waals surface area contributed by atoms with Gasteiger partial charge < -0.3 is 14.7 Å². The van der Waals surface area contributed by atoms with Crippen LogP contribution in [-0.2, 0) is 15.0 Å². The molecule has 8 rings (SSSR count). The fraction of sp³-hybridized carbons (Fsp3) is 0.395. The van der Waals surface area contributed by atoms with Crippen molar-refractivity contribution in [3.63, 3.8) is 0 Å². The van der Waals surface area contributed by atoms with Gasteiger partial charge >= 0.3 is 0 Å². The summed E-state index contributed by atoms with van der Waals surface area (Å²) in [5.74, 6) is -0.294. The lowest BCUT2D eigenvalue weighted by Gasteiger charge is -2.35. The van der Waals surface area contributed by atoms with Crippen molar-refractivity contribution in [1.82, 2.24) is 15.4 Å². The van der Waals surface area contributed by atoms with Gasteiger partial charge in [0.15, 0.2) is 0 Å². The molecule has 54 heavy (non-hydrogen) atoms. The second kappa shape index (κ2) is 13.9. The summed E-state index contributed by atoms with van der Waals surface area (Å²) in [5.41, 5.74) is 8.47. The Morgan fingerprint density at radius 2 is 1.63 bits per heavy atom. The van der Waals surface area contributed by atoms with E-state index < -0.39 is 29.7 Å². The molecule has 4 aliphatic rings. The second-order valence-corrected chi connectivity index (χ2v) is 15.5. The Bertz CT molecular complexity index is 2190. The smallest absolute Gasteiger partial charge is 0.262 e. The molecule has 11 nitrogen and oxygen atoms in total. The van der Waals surface area contributed by atoms with E-state index in [0.717, 1.165) is 102 Å². The lowest BCUT2D eigenvalue weighted by Crippen LogP contribution is -2.54. The largest absolute Gasteiger partial charge is 0.385 e. The highest BCUT2D eigenvalue weighted by Gasteiger charge is 2.45. The Morgan fingerprint density at radius 3 is 2.30 bits per heavy atom. The molecule has 4 amide bonds. The fourth-order valence-electron chi connectivity index (χ4n) is 8.56. The molecule has 0 bridgehead atoms. The van der Waals surface area contributed by atoms with Crippen LogP contribution in [0.5, 0.6) is 0 Å². The van der Waals surface area contributed by atoms with E-state index >= 15 is 0 Å². The summed E-state index contributed by atoms with van der Waals surface area (Å²) in [4.78, 5) is 54.0. The number of imide groups is 2. The molecule has 1 aromatic heterocycles. The first-order valence-corrected chi connectivity index (χ1v) is 19.0. The number of aromatic nitrogens is 1. The fourth-order valence-corrected chi connectivity index (χ4v) is 8.56. The number of amides is 4. The molecule has 4 aromatic rings. The number of carbonyl (C=O) groups excluding carboxylic acids is 4. The molecule has 1 atom stereocenters. The van der Waals surface area contributed by atoms with Crippen LogP contribution in [0.2, 0.25) is 0 Å². The van der Waals surface area contributed by atoms with Crippen LogP contribution in [-0.4, -0.2) is 52.8 Å². The number of hydrogen-bond donors (Lipinski definition) is 2. The van der Waals surface area contributed by atoms with Crippen molar-refractivity contribution in [3.8, 4) is 17.2 Å². The summed E-state index contributed by atoms with van der Waals surface area (Å²) in [6.07, 6.45) is 6.29. The monoisotopic (exact) mass is 724 g/mol. The number of fused-ring (bicyclic) bond motifs is 1. The van der Waals surface area contributed by atoms with Crippen LogP contribution in [0.25, 0.3) is 11.1 Å². The number of anilines is 3. The third kappa shape index (κ3) is 6.44. The van der Waals surface area contributed by atoms with Crippen LogP contribution in [0.3, 0.4) is 0 Å². The van der Waals surface area contributed by atoms with Crippen LogP contribution in [0.15, 0.2) is 65.2 Å². The molecule has 11 heteroatoms. The molecule has 0 radical (unpaired) electrons. The molecule has 0 spiro atoms. The highest BCUT2D eigenvalue weighted by Crippen LogP contribution is 2.48. The van der Waals surface area contributed by atoms with E-state index in [-0.39, 0.29) is 29.4 Å². The summed E-state index contributed by atoms with van der Waals surface area (Å²) in [5, 5.41) is 19.8. The molecular formula is C43H44N6O5. The normalized spacial score (nSPS) is 21.7. The summed E-state index contributed by atoms with van der Waals surface area (Å²) in [6.45, 7) is 7.68. The Kier molecular flexibility index (Phi) is 9.08. The van der Waals surface area contributed by atoms with Gasteiger partial charge in [0.25, 0.3) is 11.8 Å². The predicted octanol–water partition coefficient (Wildman–Crippen LogP) is 7.28. The van der Waals surface area contributed by atoms with Gasteiger partial charge in [-0.15, -0.1) is 0 Å². The van der Waals surface area contributed by atoms with Gasteiger partial charge in [-0.2, -0.15) is 5.26 Å². The van der Waals surface area contributed by atoms with Crippen LogP contribution < -0.4 is 15.5 Å². The standard InChI is InChI=1S/C43H44N6O5/c1-25-4-9-30(39-26(2)47-54-27(39)3)20-37(25)48(33-13-10-31(11-14-33)43(24-44)18-19-43)23-29-7-5-28(6-8-29)22-45-32-12-15-34-35(21-32)42(53)49(41(34)52)36-16-17-38(50)46-40(36)51/h4,9-15,20-21,28-29,36,45H,5-8,16-19,22-23H2,1-3H3,(H,46,50,51)/t28-,29-,36?. The molecule has 2 N–H and O–H groups in total. The van der Waals surface area contributed by atoms with E-state index in [2.05, 4.69) is 76.1 Å². The topological polar surface area (TPSA) is 149 Å². The molecule has 2 aliphatic carbocycles. The molecule has 1 unspecified atom stereocenters. The van der Waals surface area contributed by atoms with E-state index in [1.54, 1.807) is 12.1 Å². The first-order chi connectivity index (χ1) is 26.0. The van der Waals surface area contributed by atoms with Crippen LogP contribution in [0, 0.1) is 43.9 Å². The first kappa shape index (κ1) is 35.3. The molecule has 1 saturated heterocycles. The second-order valence-electron chi connectivity index (χ2n) is 15.5. The number of aryl methyl sites for hydroxylation is 3. The lowest BCUT2D eigenvalue weighted by molar-refractivity contribution is -0.136. The number of benzene rings is 3. The van der Waals surface area contributed by atoms with Crippen molar-refractivity contribution in [3.05, 3.63) is 94.4 Å². The van der Waals surface area contributed by atoms with Crippen molar-refractivity contribution in [2.75, 3.05) is 23.3 Å². The molecule has 2 saturated carbocycles. The number of hydrogen-bond acceptors (Lipinski definition) is 9. The predicted molar refractivity (Wildman–Crippen MR) is 203 cm³/mol. The number of nitriles is 1. The van der Waals surface area contributed by atoms with Gasteiger partial charge in [-0.25, -0.2) is 0 Å². The zero-order valence-corrected chi connectivity index (χ0v) is 30.9. The zero-order valence-electron chi connectivity index (χ0n) is 30.9. The van der Waals surface area contributed by atoms with Gasteiger partial charge in [-0.1, -0.05) is 29.4 Å². The van der Waals surface area contributed by atoms with E-state index in [9.17, 15) is 24.4 Å². The maximum Gasteiger partial charge on any atom is 0.262 e. The van der Waals surface area contributed by atoms with E-state index in [1.807, 2.05) is 19.9 Å². The summed E-state index contributed by atoms with van der Waals surface area (Å²) in [6, 6.07) is 21.9. The summed E-state index contributed by atoms with van der Waals surface area (Å²) >= 11 is 0. The molecule has 2 aliphatic heterocycles. The third-order valence-corrected chi connectivity index (χ3v) is 12.0. The maximum atomic E-state index is 13.3. The Labute approximate surface area is 314 Å². The van der Waals surface area contributed by atoms with Crippen LogP contribution in [0.1, 0.15) is 94.7 Å². The number of nitrogens with one attached hydrogen (secondary N) is 2. The van der Waals surface area contributed by atoms with E-state index in [0.29, 0.717) is 11.8 Å². The molecule has 3 heterocycles. The lowest BCUT2D eigenvalue weighted by atomic mass is 9.81. The molecule has 3 fully saturated rings. The van der Waals surface area contributed by atoms with Crippen molar-refractivity contribution in [2.45, 2.75) is 83.6 Å². The molecule has 276 valence electrons. The minimum absolute atomic E-state index is 0.0875. The summed E-state index contributed by atoms with van der Waals surface area (Å²) < 4.78 is 5.52. The number of piperidine rings is 1. The minimum Gasteiger partial charge on any atom is -0.385 e. The van der Waals surface area contributed by atoms with Crippen molar-refractivity contribution < 1.29 is 23.7 Å². The van der Waals surface area contributed by atoms with Crippen molar-refractivity contribution in [2.24, 2.45) is 11.8 Å². The minimum atomic E-state index is -0.981. The van der Waals surface area contributed by atoms with Gasteiger partial charge in [0.2, 0.25) is 11.8 Å². The van der Waals surface area contributed by atoms with Crippen molar-refractivity contribution >= 4 is 40.7 Å². The summed E-state index contributed by atoms with van der Waals surface area (Å²) in [7, 11) is 0. The van der Waals surface area contributed by atoms with Gasteiger partial charge in [0.05, 0.1) is 28.3 Å². The quantitative estimate of drug-likeness (QED) is 0.161. The van der Waals surface area contributed by atoms with Gasteiger partial charge in [-0.05, 0) is 131 Å². The zero-order chi connectivity index (χ0) is 37.7. The Morgan fingerprint density at radius 1 is 0.907 bits per heavy atom. The van der Waals surface area contributed by atoms with Gasteiger partial charge in [0, 0.05) is 42.1 Å². The molecular weight excluding hydrogens is 681 g/mol. The van der Waals surface area contributed by atoms with E-state index in [4.69, 9.17) is 4.52 Å². The Hall–Kier alpha value is -5.76. The Balaban J connectivity index is 0.946. The SMILES string of the molecule is Cc1ccc(-c2c(C)noc2C)cc1N(C[C@H]1CC[C@H](CNc2ccc3c(c2)C(=O)N(C2CCC(=O)NC2=O)C3=O)CC1)c1ccc(C2(C#N)CC2)cc1. The van der Waals surface area contributed by atoms with Crippen LogP contribution in [0.4, 0.5) is 17.1 Å². The average Bonchev–Trinajstić information content (AvgIpc) is 3.86. The number of carbonyl (C=O) groups is 4. The highest BCUT2D eigenvalue weighted by atomic mass is 16.5. The van der Waals surface area contributed by atoms with E-state index in [1.165, 1.54) is 5.56 Å². The van der Waals surface area contributed by atoms with Gasteiger partial charge in [-0.3, -0.25) is 29.4 Å². The highest BCUT2D eigenvalue weighted by molar-refractivity contribution is 6.23. The average molecular weight is 725 g/mol.